The summed E-state index contributed by atoms with van der Waals surface area (Å²) >= 11 is 0. The van der Waals surface area contributed by atoms with Crippen molar-refractivity contribution in [3.63, 3.8) is 0 Å². The Labute approximate surface area is 249 Å². The summed E-state index contributed by atoms with van der Waals surface area (Å²) in [5.74, 6) is -0.454. The van der Waals surface area contributed by atoms with E-state index in [1.807, 2.05) is 0 Å². The molecule has 0 amide bonds. The van der Waals surface area contributed by atoms with Gasteiger partial charge in [0.25, 0.3) is 0 Å². The number of ether oxygens (including phenoxy) is 2. The van der Waals surface area contributed by atoms with E-state index in [1.54, 1.807) is 0 Å². The van der Waals surface area contributed by atoms with Crippen molar-refractivity contribution in [3.05, 3.63) is 12.2 Å². The van der Waals surface area contributed by atoms with Crippen LogP contribution in [0.15, 0.2) is 12.2 Å². The lowest BCUT2D eigenvalue weighted by molar-refractivity contribution is -0.139. The molecule has 40 heavy (non-hydrogen) atoms. The summed E-state index contributed by atoms with van der Waals surface area (Å²) in [4.78, 5) is 23.5. The van der Waals surface area contributed by atoms with Gasteiger partial charge < -0.3 is 9.47 Å². The van der Waals surface area contributed by atoms with Gasteiger partial charge in [0.05, 0.1) is 6.61 Å². The topological polar surface area (TPSA) is 52.6 Å². The van der Waals surface area contributed by atoms with E-state index in [4.69, 9.17) is 9.47 Å². The number of esters is 1. The van der Waals surface area contributed by atoms with Crippen LogP contribution in [0.4, 0.5) is 4.79 Å². The molecular formula is C36H68O4. The normalized spacial score (nSPS) is 11.3. The molecule has 4 heteroatoms. The van der Waals surface area contributed by atoms with Crippen molar-refractivity contribution in [1.29, 1.82) is 0 Å². The molecular weight excluding hydrogens is 496 g/mol. The molecule has 0 saturated heterocycles. The maximum absolute atomic E-state index is 11.8. The molecule has 0 bridgehead atoms. The molecule has 0 N–H and O–H groups in total. The molecule has 0 aliphatic heterocycles. The Bertz CT molecular complexity index is 557. The standard InChI is InChI=1S/C36H68O4/c1-3-5-7-9-11-13-15-16-17-18-19-20-21-22-23-25-27-29-31-33-35(37)40-36(38)39-34-32-30-28-26-24-14-12-10-8-6-4-2/h16-17H,3-15,18-34H2,1-2H3. The maximum atomic E-state index is 11.8. The number of allylic oxidation sites excluding steroid dienone is 2. The highest BCUT2D eigenvalue weighted by Gasteiger charge is 2.11. The lowest BCUT2D eigenvalue weighted by atomic mass is 10.1. The molecule has 0 aromatic heterocycles. The quantitative estimate of drug-likeness (QED) is 0.0363. The molecule has 0 aliphatic rings. The smallest absolute Gasteiger partial charge is 0.434 e. The van der Waals surface area contributed by atoms with Gasteiger partial charge in [-0.3, -0.25) is 4.79 Å². The third kappa shape index (κ3) is 32.9. The highest BCUT2D eigenvalue weighted by Crippen LogP contribution is 2.14. The Morgan fingerprint density at radius 3 is 1.23 bits per heavy atom. The molecule has 0 aromatic rings. The largest absolute Gasteiger partial charge is 0.516 e. The Morgan fingerprint density at radius 1 is 0.450 bits per heavy atom. The van der Waals surface area contributed by atoms with Gasteiger partial charge >= 0.3 is 12.1 Å². The fraction of sp³-hybridized carbons (Fsp3) is 0.889. The van der Waals surface area contributed by atoms with Crippen LogP contribution in [-0.4, -0.2) is 18.7 Å². The summed E-state index contributed by atoms with van der Waals surface area (Å²) in [6.07, 6.45) is 39.6. The average molecular weight is 565 g/mol. The van der Waals surface area contributed by atoms with Crippen LogP contribution in [0.2, 0.25) is 0 Å². The van der Waals surface area contributed by atoms with E-state index in [0.717, 1.165) is 32.1 Å². The molecule has 0 unspecified atom stereocenters. The molecule has 0 atom stereocenters. The van der Waals surface area contributed by atoms with Crippen molar-refractivity contribution in [2.75, 3.05) is 6.61 Å². The van der Waals surface area contributed by atoms with E-state index >= 15 is 0 Å². The molecule has 0 aromatic carbocycles. The number of hydrogen-bond acceptors (Lipinski definition) is 4. The van der Waals surface area contributed by atoms with Gasteiger partial charge in [0, 0.05) is 6.42 Å². The summed E-state index contributed by atoms with van der Waals surface area (Å²) < 4.78 is 9.84. The predicted molar refractivity (Wildman–Crippen MR) is 172 cm³/mol. The second kappa shape index (κ2) is 33.9. The van der Waals surface area contributed by atoms with Crippen LogP contribution in [0.5, 0.6) is 0 Å². The maximum Gasteiger partial charge on any atom is 0.516 e. The second-order valence-electron chi connectivity index (χ2n) is 11.9. The van der Waals surface area contributed by atoms with Crippen LogP contribution in [0, 0.1) is 0 Å². The number of carbonyl (C=O) groups excluding carboxylic acids is 2. The highest BCUT2D eigenvalue weighted by molar-refractivity contribution is 5.81. The summed E-state index contributed by atoms with van der Waals surface area (Å²) in [6.45, 7) is 4.87. The molecule has 0 radical (unpaired) electrons. The zero-order valence-electron chi connectivity index (χ0n) is 27.0. The van der Waals surface area contributed by atoms with Crippen LogP contribution in [0.1, 0.15) is 200 Å². The fourth-order valence-corrected chi connectivity index (χ4v) is 5.14. The van der Waals surface area contributed by atoms with Gasteiger partial charge in [0.1, 0.15) is 0 Å². The van der Waals surface area contributed by atoms with E-state index in [0.29, 0.717) is 13.0 Å². The first kappa shape index (κ1) is 38.7. The molecule has 0 aliphatic carbocycles. The van der Waals surface area contributed by atoms with Gasteiger partial charge in [0.15, 0.2) is 0 Å². The summed E-state index contributed by atoms with van der Waals surface area (Å²) in [5.41, 5.74) is 0. The minimum atomic E-state index is -0.828. The van der Waals surface area contributed by atoms with Crippen molar-refractivity contribution in [3.8, 4) is 0 Å². The molecule has 4 nitrogen and oxygen atoms in total. The van der Waals surface area contributed by atoms with Crippen LogP contribution in [0.25, 0.3) is 0 Å². The minimum Gasteiger partial charge on any atom is -0.434 e. The van der Waals surface area contributed by atoms with E-state index in [9.17, 15) is 9.59 Å². The second-order valence-corrected chi connectivity index (χ2v) is 11.9. The molecule has 0 heterocycles. The van der Waals surface area contributed by atoms with Crippen LogP contribution < -0.4 is 0 Å². The lowest BCUT2D eigenvalue weighted by Crippen LogP contribution is -2.14. The van der Waals surface area contributed by atoms with Crippen molar-refractivity contribution in [1.82, 2.24) is 0 Å². The molecule has 236 valence electrons. The van der Waals surface area contributed by atoms with E-state index < -0.39 is 12.1 Å². The third-order valence-electron chi connectivity index (χ3n) is 7.81. The van der Waals surface area contributed by atoms with Crippen LogP contribution in [-0.2, 0) is 14.3 Å². The zero-order chi connectivity index (χ0) is 29.2. The van der Waals surface area contributed by atoms with Gasteiger partial charge in [0.2, 0.25) is 0 Å². The number of hydrogen-bond donors (Lipinski definition) is 0. The van der Waals surface area contributed by atoms with Crippen molar-refractivity contribution < 1.29 is 19.1 Å². The SMILES string of the molecule is CCCCCCCCC=CCCCCCCCCCCCC(=O)OC(=O)OCCCCCCCCCCCCC. The van der Waals surface area contributed by atoms with E-state index in [1.165, 1.54) is 148 Å². The zero-order valence-corrected chi connectivity index (χ0v) is 27.0. The molecule has 0 rings (SSSR count). The lowest BCUT2D eigenvalue weighted by Gasteiger charge is -2.06. The molecule has 0 saturated carbocycles. The average Bonchev–Trinajstić information content (AvgIpc) is 2.94. The van der Waals surface area contributed by atoms with Crippen LogP contribution >= 0.6 is 0 Å². The van der Waals surface area contributed by atoms with Gasteiger partial charge in [-0.15, -0.1) is 0 Å². The third-order valence-corrected chi connectivity index (χ3v) is 7.81. The minimum absolute atomic E-state index is 0.305. The first-order valence-electron chi connectivity index (χ1n) is 17.7. The van der Waals surface area contributed by atoms with Crippen molar-refractivity contribution in [2.24, 2.45) is 0 Å². The number of carbonyl (C=O) groups is 2. The highest BCUT2D eigenvalue weighted by atomic mass is 16.7. The fourth-order valence-electron chi connectivity index (χ4n) is 5.14. The Kier molecular flexibility index (Phi) is 32.8. The van der Waals surface area contributed by atoms with E-state index in [-0.39, 0.29) is 0 Å². The Balaban J connectivity index is 3.30. The van der Waals surface area contributed by atoms with Crippen LogP contribution in [0.3, 0.4) is 0 Å². The summed E-state index contributed by atoms with van der Waals surface area (Å²) in [6, 6.07) is 0. The first-order chi connectivity index (χ1) is 19.7. The monoisotopic (exact) mass is 565 g/mol. The molecule has 0 spiro atoms. The Hall–Kier alpha value is -1.32. The predicted octanol–water partition coefficient (Wildman–Crippen LogP) is 12.6. The number of rotatable bonds is 31. The van der Waals surface area contributed by atoms with E-state index in [2.05, 4.69) is 26.0 Å². The van der Waals surface area contributed by atoms with Crippen molar-refractivity contribution >= 4 is 12.1 Å². The summed E-state index contributed by atoms with van der Waals surface area (Å²) in [7, 11) is 0. The van der Waals surface area contributed by atoms with Gasteiger partial charge in [-0.25, -0.2) is 4.79 Å². The number of unbranched alkanes of at least 4 members (excludes halogenated alkanes) is 25. The first-order valence-corrected chi connectivity index (χ1v) is 17.7. The van der Waals surface area contributed by atoms with Gasteiger partial charge in [-0.2, -0.15) is 0 Å². The summed E-state index contributed by atoms with van der Waals surface area (Å²) in [5, 5.41) is 0. The van der Waals surface area contributed by atoms with Gasteiger partial charge in [-0.1, -0.05) is 167 Å². The molecule has 0 fully saturated rings. The van der Waals surface area contributed by atoms with Gasteiger partial charge in [-0.05, 0) is 38.5 Å². The van der Waals surface area contributed by atoms with Crippen molar-refractivity contribution in [2.45, 2.75) is 200 Å². The Morgan fingerprint density at radius 2 is 0.800 bits per heavy atom.